The first-order valence-electron chi connectivity index (χ1n) is 8.05. The monoisotopic (exact) mass is 318 g/mol. The number of aromatic nitrogens is 5. The Morgan fingerprint density at radius 3 is 3.00 bits per heavy atom. The van der Waals surface area contributed by atoms with E-state index in [9.17, 15) is 0 Å². The summed E-state index contributed by atoms with van der Waals surface area (Å²) < 4.78 is 0. The van der Waals surface area contributed by atoms with Gasteiger partial charge in [-0.25, -0.2) is 15.0 Å². The van der Waals surface area contributed by atoms with Crippen molar-refractivity contribution in [3.8, 4) is 11.1 Å². The average Bonchev–Trinajstić information content (AvgIpc) is 3.04. The number of rotatable bonds is 4. The van der Waals surface area contributed by atoms with Gasteiger partial charge < -0.3 is 10.3 Å². The molecule has 3 aromatic heterocycles. The number of nitrogens with zero attached hydrogens (tertiary/aromatic N) is 4. The summed E-state index contributed by atoms with van der Waals surface area (Å²) in [5.74, 6) is 0.650. The molecule has 2 N–H and O–H groups in total. The van der Waals surface area contributed by atoms with Crippen molar-refractivity contribution in [2.24, 2.45) is 0 Å². The van der Waals surface area contributed by atoms with Crippen molar-refractivity contribution in [1.29, 1.82) is 0 Å². The number of aromatic amines is 1. The molecule has 0 saturated heterocycles. The maximum Gasteiger partial charge on any atom is 0.224 e. The Balaban J connectivity index is 1.76. The Bertz CT molecular complexity index is 1010. The van der Waals surface area contributed by atoms with Gasteiger partial charge in [-0.1, -0.05) is 13.0 Å². The summed E-state index contributed by atoms with van der Waals surface area (Å²) in [5, 5.41) is 5.31. The average molecular weight is 318 g/mol. The Morgan fingerprint density at radius 2 is 2.12 bits per heavy atom. The van der Waals surface area contributed by atoms with Crippen LogP contribution in [-0.2, 0) is 0 Å². The van der Waals surface area contributed by atoms with E-state index in [1.54, 1.807) is 6.33 Å². The first-order chi connectivity index (χ1) is 11.7. The summed E-state index contributed by atoms with van der Waals surface area (Å²) >= 11 is 0. The molecule has 0 saturated carbocycles. The van der Waals surface area contributed by atoms with Gasteiger partial charge >= 0.3 is 0 Å². The molecule has 3 heterocycles. The molecule has 0 radical (unpaired) electrons. The molecule has 1 aromatic carbocycles. The Morgan fingerprint density at radius 1 is 1.21 bits per heavy atom. The second kappa shape index (κ2) is 5.88. The number of H-pyrrole nitrogens is 1. The SMILES string of the molecule is CCC(C)Nc1ncc2c(-c3ccc4ncncc4c3)c[nH]c2n1. The standard InChI is InChI=1S/C18H18N6/c1-3-11(2)23-18-21-9-15-14(8-20-17(15)24-18)12-4-5-16-13(6-12)7-19-10-22-16/h4-11H,3H2,1-2H3,(H2,20,21,23,24). The van der Waals surface area contributed by atoms with Gasteiger partial charge in [0.15, 0.2) is 0 Å². The molecule has 0 aliphatic heterocycles. The quantitative estimate of drug-likeness (QED) is 0.598. The van der Waals surface area contributed by atoms with Gasteiger partial charge in [-0.2, -0.15) is 4.98 Å². The van der Waals surface area contributed by atoms with E-state index in [-0.39, 0.29) is 0 Å². The third-order valence-corrected chi connectivity index (χ3v) is 4.24. The van der Waals surface area contributed by atoms with Crippen LogP contribution in [0.2, 0.25) is 0 Å². The Labute approximate surface area is 139 Å². The van der Waals surface area contributed by atoms with E-state index >= 15 is 0 Å². The molecule has 1 unspecified atom stereocenters. The largest absolute Gasteiger partial charge is 0.352 e. The van der Waals surface area contributed by atoms with Gasteiger partial charge in [0, 0.05) is 41.0 Å². The predicted molar refractivity (Wildman–Crippen MR) is 95.8 cm³/mol. The number of benzene rings is 1. The number of nitrogens with one attached hydrogen (secondary N) is 2. The summed E-state index contributed by atoms with van der Waals surface area (Å²) in [4.78, 5) is 20.6. The van der Waals surface area contributed by atoms with Crippen LogP contribution in [0.25, 0.3) is 33.1 Å². The highest BCUT2D eigenvalue weighted by Crippen LogP contribution is 2.29. The molecule has 0 amide bonds. The van der Waals surface area contributed by atoms with Gasteiger partial charge in [-0.3, -0.25) is 0 Å². The molecular weight excluding hydrogens is 300 g/mol. The van der Waals surface area contributed by atoms with Crippen LogP contribution >= 0.6 is 0 Å². The highest BCUT2D eigenvalue weighted by Gasteiger charge is 2.10. The third-order valence-electron chi connectivity index (χ3n) is 4.24. The van der Waals surface area contributed by atoms with Crippen LogP contribution in [-0.4, -0.2) is 31.0 Å². The minimum Gasteiger partial charge on any atom is -0.352 e. The van der Waals surface area contributed by atoms with E-state index in [0.717, 1.165) is 39.5 Å². The van der Waals surface area contributed by atoms with Crippen molar-refractivity contribution in [1.82, 2.24) is 24.9 Å². The Kier molecular flexibility index (Phi) is 3.57. The topological polar surface area (TPSA) is 79.4 Å². The fourth-order valence-corrected chi connectivity index (χ4v) is 2.69. The second-order valence-electron chi connectivity index (χ2n) is 5.91. The van der Waals surface area contributed by atoms with E-state index in [1.807, 2.05) is 24.7 Å². The number of hydrogen-bond donors (Lipinski definition) is 2. The molecule has 120 valence electrons. The Hall–Kier alpha value is -3.02. The fraction of sp³-hybridized carbons (Fsp3) is 0.222. The number of hydrogen-bond acceptors (Lipinski definition) is 5. The molecule has 0 spiro atoms. The summed E-state index contributed by atoms with van der Waals surface area (Å²) in [6, 6.07) is 6.50. The maximum atomic E-state index is 4.57. The van der Waals surface area contributed by atoms with Gasteiger partial charge in [0.05, 0.1) is 5.52 Å². The van der Waals surface area contributed by atoms with Gasteiger partial charge in [-0.15, -0.1) is 0 Å². The van der Waals surface area contributed by atoms with Crippen molar-refractivity contribution >= 4 is 27.9 Å². The van der Waals surface area contributed by atoms with Crippen molar-refractivity contribution in [3.63, 3.8) is 0 Å². The maximum absolute atomic E-state index is 4.57. The lowest BCUT2D eigenvalue weighted by Crippen LogP contribution is -2.15. The van der Waals surface area contributed by atoms with Gasteiger partial charge in [0.1, 0.15) is 12.0 Å². The minimum atomic E-state index is 0.345. The zero-order chi connectivity index (χ0) is 16.5. The van der Waals surface area contributed by atoms with Crippen molar-refractivity contribution in [3.05, 3.63) is 43.1 Å². The highest BCUT2D eigenvalue weighted by atomic mass is 15.1. The van der Waals surface area contributed by atoms with Crippen molar-refractivity contribution in [2.45, 2.75) is 26.3 Å². The van der Waals surface area contributed by atoms with Crippen molar-refractivity contribution < 1.29 is 0 Å². The van der Waals surface area contributed by atoms with Crippen LogP contribution in [0.15, 0.2) is 43.1 Å². The highest BCUT2D eigenvalue weighted by molar-refractivity contribution is 5.96. The molecule has 6 heteroatoms. The lowest BCUT2D eigenvalue weighted by molar-refractivity contribution is 0.754. The van der Waals surface area contributed by atoms with E-state index in [2.05, 4.69) is 56.2 Å². The van der Waals surface area contributed by atoms with Crippen LogP contribution in [0.1, 0.15) is 20.3 Å². The summed E-state index contributed by atoms with van der Waals surface area (Å²) in [5.41, 5.74) is 3.93. The third kappa shape index (κ3) is 2.56. The van der Waals surface area contributed by atoms with Crippen LogP contribution in [0.5, 0.6) is 0 Å². The molecule has 24 heavy (non-hydrogen) atoms. The van der Waals surface area contributed by atoms with Gasteiger partial charge in [0.25, 0.3) is 0 Å². The molecular formula is C18H18N6. The molecule has 0 bridgehead atoms. The first kappa shape index (κ1) is 14.6. The lowest BCUT2D eigenvalue weighted by atomic mass is 10.0. The predicted octanol–water partition coefficient (Wildman–Crippen LogP) is 3.78. The van der Waals surface area contributed by atoms with E-state index in [0.29, 0.717) is 12.0 Å². The minimum absolute atomic E-state index is 0.345. The van der Waals surface area contributed by atoms with E-state index < -0.39 is 0 Å². The van der Waals surface area contributed by atoms with Crippen LogP contribution in [0.3, 0.4) is 0 Å². The number of fused-ring (bicyclic) bond motifs is 2. The second-order valence-corrected chi connectivity index (χ2v) is 5.91. The van der Waals surface area contributed by atoms with Crippen LogP contribution in [0, 0.1) is 0 Å². The molecule has 0 aliphatic rings. The summed E-state index contributed by atoms with van der Waals surface area (Å²) in [6.45, 7) is 4.25. The molecule has 6 nitrogen and oxygen atoms in total. The number of anilines is 1. The summed E-state index contributed by atoms with van der Waals surface area (Å²) in [7, 11) is 0. The first-order valence-corrected chi connectivity index (χ1v) is 8.05. The summed E-state index contributed by atoms with van der Waals surface area (Å²) in [6.07, 6.45) is 8.25. The van der Waals surface area contributed by atoms with Crippen LogP contribution in [0.4, 0.5) is 5.95 Å². The lowest BCUT2D eigenvalue weighted by Gasteiger charge is -2.10. The molecule has 4 rings (SSSR count). The van der Waals surface area contributed by atoms with Gasteiger partial charge in [0.2, 0.25) is 5.95 Å². The smallest absolute Gasteiger partial charge is 0.224 e. The normalized spacial score (nSPS) is 12.6. The fourth-order valence-electron chi connectivity index (χ4n) is 2.69. The van der Waals surface area contributed by atoms with Crippen molar-refractivity contribution in [2.75, 3.05) is 5.32 Å². The molecule has 4 aromatic rings. The van der Waals surface area contributed by atoms with Gasteiger partial charge in [-0.05, 0) is 31.0 Å². The van der Waals surface area contributed by atoms with E-state index in [1.165, 1.54) is 0 Å². The zero-order valence-corrected chi connectivity index (χ0v) is 13.6. The zero-order valence-electron chi connectivity index (χ0n) is 13.6. The van der Waals surface area contributed by atoms with Crippen LogP contribution < -0.4 is 5.32 Å². The molecule has 0 aliphatic carbocycles. The molecule has 0 fully saturated rings. The molecule has 1 atom stereocenters. The van der Waals surface area contributed by atoms with E-state index in [4.69, 9.17) is 0 Å².